The third-order valence-corrected chi connectivity index (χ3v) is 4.89. The fourth-order valence-corrected chi connectivity index (χ4v) is 4.00. The van der Waals surface area contributed by atoms with Gasteiger partial charge < -0.3 is 5.32 Å². The minimum Gasteiger partial charge on any atom is -0.304 e. The van der Waals surface area contributed by atoms with Crippen LogP contribution in [0.25, 0.3) is 5.78 Å². The van der Waals surface area contributed by atoms with Crippen LogP contribution in [0.2, 0.25) is 0 Å². The Bertz CT molecular complexity index is 633. The first-order valence-electron chi connectivity index (χ1n) is 7.67. The van der Waals surface area contributed by atoms with Crippen molar-refractivity contribution in [2.24, 2.45) is 5.92 Å². The van der Waals surface area contributed by atoms with Gasteiger partial charge in [0.15, 0.2) is 5.82 Å². The van der Waals surface area contributed by atoms with Gasteiger partial charge in [-0.2, -0.15) is 0 Å². The highest BCUT2D eigenvalue weighted by Gasteiger charge is 2.37. The predicted molar refractivity (Wildman–Crippen MR) is 76.5 cm³/mol. The molecule has 0 amide bonds. The zero-order valence-corrected chi connectivity index (χ0v) is 12.1. The number of rotatable bonds is 1. The van der Waals surface area contributed by atoms with Crippen LogP contribution in [-0.4, -0.2) is 25.6 Å². The third-order valence-electron chi connectivity index (χ3n) is 4.89. The molecular formula is C15H21N5. The summed E-state index contributed by atoms with van der Waals surface area (Å²) in [6.45, 7) is 4.11. The highest BCUT2D eigenvalue weighted by Crippen LogP contribution is 2.38. The van der Waals surface area contributed by atoms with Gasteiger partial charge in [0.05, 0.1) is 6.04 Å². The van der Waals surface area contributed by atoms with Crippen LogP contribution < -0.4 is 5.32 Å². The van der Waals surface area contributed by atoms with Crippen molar-refractivity contribution in [1.82, 2.24) is 24.9 Å². The Morgan fingerprint density at radius 1 is 1.20 bits per heavy atom. The van der Waals surface area contributed by atoms with Crippen LogP contribution in [0, 0.1) is 19.8 Å². The minimum absolute atomic E-state index is 0.335. The van der Waals surface area contributed by atoms with Gasteiger partial charge in [0, 0.05) is 17.4 Å². The second kappa shape index (κ2) is 4.52. The Labute approximate surface area is 118 Å². The number of hydrogen-bond donors (Lipinski definition) is 1. The standard InChI is InChI=1S/C15H21N5/c1-9-7-10(2)20-14(18-19-15(20)16-9)13-8-11-5-3-4-6-12(11)17-13/h7,11-13,17H,3-6,8H2,1-2H3. The second-order valence-corrected chi connectivity index (χ2v) is 6.34. The molecule has 0 aromatic carbocycles. The monoisotopic (exact) mass is 271 g/mol. The van der Waals surface area contributed by atoms with Gasteiger partial charge in [-0.3, -0.25) is 4.40 Å². The van der Waals surface area contributed by atoms with E-state index in [9.17, 15) is 0 Å². The van der Waals surface area contributed by atoms with Gasteiger partial charge >= 0.3 is 0 Å². The summed E-state index contributed by atoms with van der Waals surface area (Å²) in [5.74, 6) is 2.59. The summed E-state index contributed by atoms with van der Waals surface area (Å²) in [5, 5.41) is 12.5. The van der Waals surface area contributed by atoms with Gasteiger partial charge in [-0.05, 0) is 45.1 Å². The molecule has 0 spiro atoms. The second-order valence-electron chi connectivity index (χ2n) is 6.34. The van der Waals surface area contributed by atoms with Crippen LogP contribution in [0.1, 0.15) is 55.4 Å². The van der Waals surface area contributed by atoms with Crippen molar-refractivity contribution in [3.05, 3.63) is 23.3 Å². The summed E-state index contributed by atoms with van der Waals surface area (Å²) < 4.78 is 2.11. The fourth-order valence-electron chi connectivity index (χ4n) is 4.00. The largest absolute Gasteiger partial charge is 0.304 e. The zero-order chi connectivity index (χ0) is 13.7. The Balaban J connectivity index is 1.72. The molecule has 4 rings (SSSR count). The van der Waals surface area contributed by atoms with Gasteiger partial charge in [-0.25, -0.2) is 4.98 Å². The topological polar surface area (TPSA) is 55.1 Å². The molecule has 106 valence electrons. The first-order chi connectivity index (χ1) is 9.72. The third kappa shape index (κ3) is 1.84. The molecule has 5 nitrogen and oxygen atoms in total. The molecule has 3 atom stereocenters. The SMILES string of the molecule is Cc1cc(C)n2c(C3CC4CCCCC4N3)nnc2n1. The molecule has 1 saturated carbocycles. The average Bonchev–Trinajstić information content (AvgIpc) is 3.00. The quantitative estimate of drug-likeness (QED) is 0.865. The van der Waals surface area contributed by atoms with Gasteiger partial charge in [0.1, 0.15) is 0 Å². The lowest BCUT2D eigenvalue weighted by Crippen LogP contribution is -2.30. The number of aromatic nitrogens is 4. The Morgan fingerprint density at radius 2 is 2.05 bits per heavy atom. The summed E-state index contributed by atoms with van der Waals surface area (Å²) in [7, 11) is 0. The van der Waals surface area contributed by atoms with E-state index in [1.165, 1.54) is 37.8 Å². The smallest absolute Gasteiger partial charge is 0.255 e. The fraction of sp³-hybridized carbons (Fsp3) is 0.667. The molecular weight excluding hydrogens is 250 g/mol. The number of fused-ring (bicyclic) bond motifs is 2. The maximum absolute atomic E-state index is 4.48. The number of nitrogens with zero attached hydrogens (tertiary/aromatic N) is 4. The molecule has 1 saturated heterocycles. The van der Waals surface area contributed by atoms with Gasteiger partial charge in [-0.15, -0.1) is 10.2 Å². The van der Waals surface area contributed by atoms with Gasteiger partial charge in [-0.1, -0.05) is 12.8 Å². The van der Waals surface area contributed by atoms with Crippen LogP contribution in [0.4, 0.5) is 0 Å². The van der Waals surface area contributed by atoms with Crippen LogP contribution in [0.5, 0.6) is 0 Å². The van der Waals surface area contributed by atoms with Crippen LogP contribution >= 0.6 is 0 Å². The molecule has 2 aromatic heterocycles. The summed E-state index contributed by atoms with van der Waals surface area (Å²) in [6.07, 6.45) is 6.62. The lowest BCUT2D eigenvalue weighted by Gasteiger charge is -2.24. The lowest BCUT2D eigenvalue weighted by molar-refractivity contribution is 0.325. The van der Waals surface area contributed by atoms with Crippen molar-refractivity contribution in [2.75, 3.05) is 0 Å². The van der Waals surface area contributed by atoms with Crippen LogP contribution in [-0.2, 0) is 0 Å². The Kier molecular flexibility index (Phi) is 2.77. The van der Waals surface area contributed by atoms with Crippen molar-refractivity contribution in [2.45, 2.75) is 58.0 Å². The maximum atomic E-state index is 4.48. The molecule has 3 unspecified atom stereocenters. The van der Waals surface area contributed by atoms with Gasteiger partial charge in [0.25, 0.3) is 5.78 Å². The Morgan fingerprint density at radius 3 is 2.90 bits per heavy atom. The van der Waals surface area contributed by atoms with Crippen molar-refractivity contribution >= 4 is 5.78 Å². The Hall–Kier alpha value is -1.49. The summed E-state index contributed by atoms with van der Waals surface area (Å²) in [4.78, 5) is 4.48. The normalized spacial score (nSPS) is 29.8. The van der Waals surface area contributed by atoms with E-state index in [4.69, 9.17) is 0 Å². The van der Waals surface area contributed by atoms with Crippen LogP contribution in [0.15, 0.2) is 6.07 Å². The van der Waals surface area contributed by atoms with Crippen molar-refractivity contribution in [1.29, 1.82) is 0 Å². The number of hydrogen-bond acceptors (Lipinski definition) is 4. The number of nitrogens with one attached hydrogen (secondary N) is 1. The zero-order valence-electron chi connectivity index (χ0n) is 12.1. The molecule has 2 aromatic rings. The van der Waals surface area contributed by atoms with Crippen LogP contribution in [0.3, 0.4) is 0 Å². The minimum atomic E-state index is 0.335. The van der Waals surface area contributed by atoms with Crippen molar-refractivity contribution < 1.29 is 0 Å². The lowest BCUT2D eigenvalue weighted by atomic mass is 9.85. The summed E-state index contributed by atoms with van der Waals surface area (Å²) in [6, 6.07) is 3.11. The highest BCUT2D eigenvalue weighted by molar-refractivity contribution is 5.33. The molecule has 2 fully saturated rings. The molecule has 2 aliphatic rings. The molecule has 5 heteroatoms. The predicted octanol–water partition coefficient (Wildman–Crippen LogP) is 2.33. The summed E-state index contributed by atoms with van der Waals surface area (Å²) in [5.41, 5.74) is 2.17. The first kappa shape index (κ1) is 12.3. The number of aryl methyl sites for hydroxylation is 2. The van der Waals surface area contributed by atoms with E-state index in [1.54, 1.807) is 0 Å². The molecule has 1 aliphatic carbocycles. The molecule has 0 bridgehead atoms. The summed E-state index contributed by atoms with van der Waals surface area (Å²) >= 11 is 0. The highest BCUT2D eigenvalue weighted by atomic mass is 15.3. The molecule has 1 N–H and O–H groups in total. The van der Waals surface area contributed by atoms with E-state index in [0.29, 0.717) is 12.1 Å². The van der Waals surface area contributed by atoms with E-state index in [2.05, 4.69) is 37.9 Å². The molecule has 3 heterocycles. The van der Waals surface area contributed by atoms with E-state index in [0.717, 1.165) is 23.2 Å². The molecule has 1 aliphatic heterocycles. The first-order valence-corrected chi connectivity index (χ1v) is 7.67. The van der Waals surface area contributed by atoms with E-state index in [1.807, 2.05) is 6.92 Å². The average molecular weight is 271 g/mol. The van der Waals surface area contributed by atoms with Crippen molar-refractivity contribution in [3.8, 4) is 0 Å². The van der Waals surface area contributed by atoms with E-state index in [-0.39, 0.29) is 0 Å². The van der Waals surface area contributed by atoms with Crippen molar-refractivity contribution in [3.63, 3.8) is 0 Å². The van der Waals surface area contributed by atoms with Gasteiger partial charge in [0.2, 0.25) is 0 Å². The molecule has 20 heavy (non-hydrogen) atoms. The van der Waals surface area contributed by atoms with E-state index >= 15 is 0 Å². The van der Waals surface area contributed by atoms with E-state index < -0.39 is 0 Å². The molecule has 0 radical (unpaired) electrons. The maximum Gasteiger partial charge on any atom is 0.255 e.